The van der Waals surface area contributed by atoms with Crippen molar-refractivity contribution < 1.29 is 4.74 Å². The van der Waals surface area contributed by atoms with E-state index in [1.165, 1.54) is 11.3 Å². The number of hydrogen-bond donors (Lipinski definition) is 1. The Kier molecular flexibility index (Phi) is 5.48. The van der Waals surface area contributed by atoms with Crippen LogP contribution in [0.2, 0.25) is 0 Å². The number of nitrogens with zero attached hydrogens (tertiary/aromatic N) is 4. The van der Waals surface area contributed by atoms with Crippen molar-refractivity contribution in [2.45, 2.75) is 6.92 Å². The zero-order chi connectivity index (χ0) is 17.5. The van der Waals surface area contributed by atoms with E-state index >= 15 is 0 Å². The van der Waals surface area contributed by atoms with Crippen molar-refractivity contribution in [2.24, 2.45) is 15.3 Å². The molecule has 0 aliphatic rings. The first-order valence-electron chi connectivity index (χ1n) is 7.66. The van der Waals surface area contributed by atoms with Crippen LogP contribution in [-0.2, 0) is 0 Å². The molecule has 0 saturated carbocycles. The van der Waals surface area contributed by atoms with Crippen LogP contribution in [0, 0.1) is 0 Å². The highest BCUT2D eigenvalue weighted by Crippen LogP contribution is 2.27. The molecule has 2 aromatic carbocycles. The molecule has 0 amide bonds. The molecule has 0 saturated heterocycles. The first-order valence-corrected chi connectivity index (χ1v) is 8.48. The van der Waals surface area contributed by atoms with Gasteiger partial charge in [-0.2, -0.15) is 5.10 Å². The van der Waals surface area contributed by atoms with Gasteiger partial charge in [-0.25, -0.2) is 4.98 Å². The van der Waals surface area contributed by atoms with Gasteiger partial charge in [-0.15, -0.1) is 10.2 Å². The molecule has 6 nitrogen and oxygen atoms in total. The number of fused-ring (bicyclic) bond motifs is 1. The molecule has 3 aromatic rings. The van der Waals surface area contributed by atoms with Gasteiger partial charge in [0.25, 0.3) is 0 Å². The number of methoxy groups -OCH3 is 1. The van der Waals surface area contributed by atoms with Crippen LogP contribution >= 0.6 is 11.3 Å². The van der Waals surface area contributed by atoms with Crippen molar-refractivity contribution in [3.63, 3.8) is 0 Å². The third-order valence-corrected chi connectivity index (χ3v) is 4.15. The molecule has 0 unspecified atom stereocenters. The minimum Gasteiger partial charge on any atom is -0.497 e. The zero-order valence-electron chi connectivity index (χ0n) is 13.9. The van der Waals surface area contributed by atoms with E-state index in [1.807, 2.05) is 61.5 Å². The van der Waals surface area contributed by atoms with Crippen molar-refractivity contribution in [1.82, 2.24) is 4.98 Å². The normalized spacial score (nSPS) is 12.3. The largest absolute Gasteiger partial charge is 0.497 e. The minimum atomic E-state index is 0.456. The summed E-state index contributed by atoms with van der Waals surface area (Å²) < 4.78 is 6.21. The monoisotopic (exact) mass is 351 g/mol. The van der Waals surface area contributed by atoms with Crippen LogP contribution in [0.5, 0.6) is 5.75 Å². The molecule has 0 aliphatic carbocycles. The van der Waals surface area contributed by atoms with Crippen LogP contribution in [0.3, 0.4) is 0 Å². The molecule has 126 valence electrons. The van der Waals surface area contributed by atoms with Crippen molar-refractivity contribution in [2.75, 3.05) is 12.5 Å². The highest BCUT2D eigenvalue weighted by atomic mass is 32.1. The van der Waals surface area contributed by atoms with Gasteiger partial charge in [-0.3, -0.25) is 5.43 Å². The van der Waals surface area contributed by atoms with Crippen LogP contribution in [-0.4, -0.2) is 17.9 Å². The summed E-state index contributed by atoms with van der Waals surface area (Å²) in [5, 5.41) is 13.2. The number of para-hydroxylation sites is 1. The fraction of sp³-hybridized carbons (Fsp3) is 0.111. The Morgan fingerprint density at radius 1 is 1.16 bits per heavy atom. The summed E-state index contributed by atoms with van der Waals surface area (Å²) in [4.78, 5) is 4.43. The lowest BCUT2D eigenvalue weighted by Gasteiger charge is -2.02. The summed E-state index contributed by atoms with van der Waals surface area (Å²) in [6.07, 6.45) is 3.62. The molecule has 0 fully saturated rings. The van der Waals surface area contributed by atoms with Crippen LogP contribution < -0.4 is 10.2 Å². The van der Waals surface area contributed by atoms with Gasteiger partial charge in [-0.05, 0) is 49.4 Å². The van der Waals surface area contributed by atoms with Crippen LogP contribution in [0.15, 0.2) is 76.0 Å². The van der Waals surface area contributed by atoms with E-state index in [9.17, 15) is 0 Å². The molecular weight excluding hydrogens is 334 g/mol. The van der Waals surface area contributed by atoms with Crippen LogP contribution in [0.1, 0.15) is 6.92 Å². The number of benzene rings is 2. The summed E-state index contributed by atoms with van der Waals surface area (Å²) in [5.41, 5.74) is 4.70. The Bertz CT molecular complexity index is 895. The minimum absolute atomic E-state index is 0.456. The second-order valence-electron chi connectivity index (χ2n) is 4.97. The van der Waals surface area contributed by atoms with E-state index in [2.05, 4.69) is 25.7 Å². The number of aromatic nitrogens is 1. The highest BCUT2D eigenvalue weighted by Gasteiger charge is 2.02. The molecule has 1 N–H and O–H groups in total. The van der Waals surface area contributed by atoms with Crippen molar-refractivity contribution in [3.05, 3.63) is 60.7 Å². The number of hydrogen-bond acceptors (Lipinski definition) is 6. The van der Waals surface area contributed by atoms with E-state index in [0.717, 1.165) is 21.7 Å². The van der Waals surface area contributed by atoms with E-state index in [-0.39, 0.29) is 0 Å². The number of azo groups is 1. The molecule has 0 spiro atoms. The smallest absolute Gasteiger partial charge is 0.231 e. The lowest BCUT2D eigenvalue weighted by atomic mass is 10.3. The summed E-state index contributed by atoms with van der Waals surface area (Å²) in [6.45, 7) is 1.90. The van der Waals surface area contributed by atoms with Gasteiger partial charge in [0.15, 0.2) is 5.84 Å². The molecule has 0 aliphatic heterocycles. The molecule has 7 heteroatoms. The Morgan fingerprint density at radius 3 is 2.68 bits per heavy atom. The van der Waals surface area contributed by atoms with E-state index in [4.69, 9.17) is 4.74 Å². The van der Waals surface area contributed by atoms with Crippen LogP contribution in [0.4, 0.5) is 10.8 Å². The Balaban J connectivity index is 1.75. The fourth-order valence-corrected chi connectivity index (χ4v) is 2.81. The molecule has 0 bridgehead atoms. The number of rotatable bonds is 5. The lowest BCUT2D eigenvalue weighted by Crippen LogP contribution is -1.95. The Morgan fingerprint density at radius 2 is 1.96 bits per heavy atom. The number of thiazole rings is 1. The van der Waals surface area contributed by atoms with Gasteiger partial charge in [0.2, 0.25) is 5.13 Å². The predicted octanol–water partition coefficient (Wildman–Crippen LogP) is 5.39. The average molecular weight is 351 g/mol. The summed E-state index contributed by atoms with van der Waals surface area (Å²) in [7, 11) is 1.63. The second-order valence-corrected chi connectivity index (χ2v) is 5.98. The maximum absolute atomic E-state index is 5.13. The maximum Gasteiger partial charge on any atom is 0.231 e. The molecular formula is C18H17N5OS. The van der Waals surface area contributed by atoms with E-state index in [1.54, 1.807) is 13.2 Å². The zero-order valence-corrected chi connectivity index (χ0v) is 14.7. The SMILES string of the molecule is CC=CC(N=Nc1nc2ccccc2s1)=NNc1ccc(OC)cc1. The summed E-state index contributed by atoms with van der Waals surface area (Å²) in [6, 6.07) is 15.4. The highest BCUT2D eigenvalue weighted by molar-refractivity contribution is 7.21. The first-order chi connectivity index (χ1) is 12.3. The predicted molar refractivity (Wildman–Crippen MR) is 103 cm³/mol. The van der Waals surface area contributed by atoms with E-state index < -0.39 is 0 Å². The third kappa shape index (κ3) is 4.48. The third-order valence-electron chi connectivity index (χ3n) is 3.23. The fourth-order valence-electron chi connectivity index (χ4n) is 2.03. The Hall–Kier alpha value is -3.06. The molecule has 1 aromatic heterocycles. The molecule has 0 radical (unpaired) electrons. The van der Waals surface area contributed by atoms with Gasteiger partial charge >= 0.3 is 0 Å². The van der Waals surface area contributed by atoms with Gasteiger partial charge in [0.05, 0.1) is 23.0 Å². The standard InChI is InChI=1S/C18H17N5OS/c1-3-6-17(21-20-13-9-11-14(24-2)12-10-13)22-23-18-19-15-7-4-5-8-16(15)25-18/h3-12,20H,1-2H3. The van der Waals surface area contributed by atoms with Crippen molar-refractivity contribution in [3.8, 4) is 5.75 Å². The molecule has 0 atom stereocenters. The van der Waals surface area contributed by atoms with E-state index in [0.29, 0.717) is 11.0 Å². The van der Waals surface area contributed by atoms with Gasteiger partial charge in [-0.1, -0.05) is 29.5 Å². The van der Waals surface area contributed by atoms with Crippen LogP contribution in [0.25, 0.3) is 10.2 Å². The number of anilines is 1. The quantitative estimate of drug-likeness (QED) is 0.290. The van der Waals surface area contributed by atoms with Crippen molar-refractivity contribution in [1.29, 1.82) is 0 Å². The topological polar surface area (TPSA) is 71.2 Å². The number of allylic oxidation sites excluding steroid dienone is 1. The van der Waals surface area contributed by atoms with Gasteiger partial charge in [0.1, 0.15) is 5.75 Å². The molecule has 25 heavy (non-hydrogen) atoms. The summed E-state index contributed by atoms with van der Waals surface area (Å²) in [5.74, 6) is 1.25. The maximum atomic E-state index is 5.13. The number of nitrogens with one attached hydrogen (secondary N) is 1. The first kappa shape index (κ1) is 16.8. The number of ether oxygens (including phenoxy) is 1. The molecule has 1 heterocycles. The average Bonchev–Trinajstić information content (AvgIpc) is 3.07. The second kappa shape index (κ2) is 8.16. The van der Waals surface area contributed by atoms with Crippen molar-refractivity contribution >= 4 is 38.2 Å². The molecule has 3 rings (SSSR count). The summed E-state index contributed by atoms with van der Waals surface area (Å²) >= 11 is 1.49. The lowest BCUT2D eigenvalue weighted by molar-refractivity contribution is 0.415. The number of hydrazone groups is 1. The van der Waals surface area contributed by atoms with Gasteiger partial charge in [0, 0.05) is 0 Å². The number of amidine groups is 1. The Labute approximate surface area is 149 Å². The van der Waals surface area contributed by atoms with Gasteiger partial charge < -0.3 is 4.74 Å².